The van der Waals surface area contributed by atoms with Gasteiger partial charge in [-0.2, -0.15) is 4.98 Å². The van der Waals surface area contributed by atoms with Crippen molar-refractivity contribution in [3.63, 3.8) is 0 Å². The highest BCUT2D eigenvalue weighted by atomic mass is 35.5. The van der Waals surface area contributed by atoms with Crippen molar-refractivity contribution in [2.24, 2.45) is 0 Å². The summed E-state index contributed by atoms with van der Waals surface area (Å²) in [6.45, 7) is 0.825. The van der Waals surface area contributed by atoms with Crippen molar-refractivity contribution in [1.29, 1.82) is 0 Å². The Bertz CT molecular complexity index is 946. The summed E-state index contributed by atoms with van der Waals surface area (Å²) in [5, 5.41) is 8.83. The summed E-state index contributed by atoms with van der Waals surface area (Å²) < 4.78 is 33.6. The van der Waals surface area contributed by atoms with Gasteiger partial charge in [0.05, 0.1) is 28.9 Å². The number of ether oxygens (including phenoxy) is 1. The molecule has 0 atom stereocenters. The number of aromatic nitrogens is 2. The number of halogens is 3. The van der Waals surface area contributed by atoms with Crippen LogP contribution in [0, 0.1) is 0 Å². The van der Waals surface area contributed by atoms with E-state index in [1.807, 2.05) is 0 Å². The van der Waals surface area contributed by atoms with E-state index < -0.39 is 5.92 Å². The van der Waals surface area contributed by atoms with Gasteiger partial charge in [0.15, 0.2) is 0 Å². The van der Waals surface area contributed by atoms with Crippen LogP contribution in [-0.2, 0) is 5.92 Å². The van der Waals surface area contributed by atoms with Crippen LogP contribution >= 0.6 is 11.6 Å². The monoisotopic (exact) mass is 453 g/mol. The molecule has 2 aromatic rings. The Morgan fingerprint density at radius 2 is 1.97 bits per heavy atom. The number of nitrogens with zero attached hydrogens (tertiary/aromatic N) is 2. The molecular weight excluding hydrogens is 428 g/mol. The predicted octanol–water partition coefficient (Wildman–Crippen LogP) is 5.10. The lowest BCUT2D eigenvalue weighted by Gasteiger charge is -2.25. The van der Waals surface area contributed by atoms with Gasteiger partial charge in [-0.25, -0.2) is 13.8 Å². The zero-order valence-electron chi connectivity index (χ0n) is 17.7. The second kappa shape index (κ2) is 9.64. The minimum absolute atomic E-state index is 0.0911. The summed E-state index contributed by atoms with van der Waals surface area (Å²) >= 11 is 6.23. The number of nitrogens with one attached hydrogen (secondary N) is 3. The molecule has 168 valence electrons. The highest BCUT2D eigenvalue weighted by Gasteiger charge is 2.31. The van der Waals surface area contributed by atoms with Crippen molar-refractivity contribution < 1.29 is 18.3 Å². The van der Waals surface area contributed by atoms with E-state index in [4.69, 9.17) is 16.3 Å². The summed E-state index contributed by atoms with van der Waals surface area (Å²) in [4.78, 5) is 20.3. The molecule has 1 heterocycles. The number of methoxy groups -OCH3 is 1. The quantitative estimate of drug-likeness (QED) is 0.540. The Hall–Kier alpha value is -2.68. The molecule has 7 nitrogen and oxygen atoms in total. The van der Waals surface area contributed by atoms with E-state index in [0.29, 0.717) is 11.4 Å². The molecule has 1 aliphatic rings. The fourth-order valence-corrected chi connectivity index (χ4v) is 3.81. The lowest BCUT2D eigenvalue weighted by Crippen LogP contribution is -2.25. The van der Waals surface area contributed by atoms with E-state index in [1.165, 1.54) is 26.3 Å². The molecule has 0 unspecified atom stereocenters. The first kappa shape index (κ1) is 23.0. The van der Waals surface area contributed by atoms with Crippen LogP contribution in [0.3, 0.4) is 0 Å². The van der Waals surface area contributed by atoms with Gasteiger partial charge >= 0.3 is 0 Å². The standard InChI is InChI=1S/C21H26ClF2N5O2/c1-21(23,24)14-11-26-20(29-18(14)27-12-7-5-4-6-8-12)28-16-10-15(22)13(19(30)25-2)9-17(16)31-3/h9-12H,4-8H2,1-3H3,(H,25,30)(H2,26,27,28,29). The van der Waals surface area contributed by atoms with E-state index in [0.717, 1.165) is 45.2 Å². The van der Waals surface area contributed by atoms with Crippen LogP contribution < -0.4 is 20.7 Å². The van der Waals surface area contributed by atoms with Crippen LogP contribution in [0.4, 0.5) is 26.2 Å². The number of hydrogen-bond acceptors (Lipinski definition) is 6. The normalized spacial score (nSPS) is 14.8. The van der Waals surface area contributed by atoms with Crippen LogP contribution in [0.15, 0.2) is 18.3 Å². The first-order chi connectivity index (χ1) is 14.7. The zero-order chi connectivity index (χ0) is 22.6. The minimum atomic E-state index is -3.09. The summed E-state index contributed by atoms with van der Waals surface area (Å²) in [7, 11) is 2.94. The molecule has 10 heteroatoms. The summed E-state index contributed by atoms with van der Waals surface area (Å²) in [5.41, 5.74) is 0.386. The molecule has 0 bridgehead atoms. The first-order valence-electron chi connectivity index (χ1n) is 10.1. The van der Waals surface area contributed by atoms with Crippen molar-refractivity contribution in [3.05, 3.63) is 34.5 Å². The Balaban J connectivity index is 1.93. The van der Waals surface area contributed by atoms with Crippen molar-refractivity contribution >= 4 is 35.0 Å². The highest BCUT2D eigenvalue weighted by molar-refractivity contribution is 6.34. The van der Waals surface area contributed by atoms with Gasteiger partial charge in [0, 0.05) is 26.2 Å². The Morgan fingerprint density at radius 1 is 1.26 bits per heavy atom. The maximum absolute atomic E-state index is 14.1. The van der Waals surface area contributed by atoms with Gasteiger partial charge in [-0.1, -0.05) is 30.9 Å². The third-order valence-corrected chi connectivity index (χ3v) is 5.53. The second-order valence-electron chi connectivity index (χ2n) is 7.56. The third kappa shape index (κ3) is 5.52. The second-order valence-corrected chi connectivity index (χ2v) is 7.97. The molecular formula is C21H26ClF2N5O2. The molecule has 1 aromatic heterocycles. The Labute approximate surface area is 184 Å². The van der Waals surface area contributed by atoms with Crippen LogP contribution in [0.2, 0.25) is 5.02 Å². The van der Waals surface area contributed by atoms with Crippen LogP contribution in [-0.4, -0.2) is 36.1 Å². The highest BCUT2D eigenvalue weighted by Crippen LogP contribution is 2.36. The van der Waals surface area contributed by atoms with E-state index in [1.54, 1.807) is 0 Å². The molecule has 0 saturated heterocycles. The van der Waals surface area contributed by atoms with Crippen molar-refractivity contribution in [2.45, 2.75) is 51.0 Å². The number of rotatable bonds is 7. The maximum atomic E-state index is 14.1. The molecule has 3 rings (SSSR count). The van der Waals surface area contributed by atoms with E-state index >= 15 is 0 Å². The molecule has 0 aliphatic heterocycles. The summed E-state index contributed by atoms with van der Waals surface area (Å²) in [6.07, 6.45) is 6.20. The van der Waals surface area contributed by atoms with Gasteiger partial charge in [0.25, 0.3) is 11.8 Å². The number of carbonyl (C=O) groups excluding carboxylic acids is 1. The largest absolute Gasteiger partial charge is 0.495 e. The van der Waals surface area contributed by atoms with Gasteiger partial charge < -0.3 is 20.7 Å². The van der Waals surface area contributed by atoms with Gasteiger partial charge in [-0.3, -0.25) is 4.79 Å². The molecule has 1 amide bonds. The number of amides is 1. The number of hydrogen-bond donors (Lipinski definition) is 3. The lowest BCUT2D eigenvalue weighted by atomic mass is 9.95. The smallest absolute Gasteiger partial charge is 0.275 e. The van der Waals surface area contributed by atoms with Crippen molar-refractivity contribution in [3.8, 4) is 5.75 Å². The van der Waals surface area contributed by atoms with Gasteiger partial charge in [-0.15, -0.1) is 0 Å². The SMILES string of the molecule is CNC(=O)c1cc(OC)c(Nc2ncc(C(C)(F)F)c(NC3CCCCC3)n2)cc1Cl. The van der Waals surface area contributed by atoms with Gasteiger partial charge in [0.1, 0.15) is 11.6 Å². The molecule has 1 fully saturated rings. The van der Waals surface area contributed by atoms with E-state index in [-0.39, 0.29) is 39.9 Å². The molecule has 1 saturated carbocycles. The molecule has 0 spiro atoms. The molecule has 31 heavy (non-hydrogen) atoms. The average molecular weight is 454 g/mol. The average Bonchev–Trinajstić information content (AvgIpc) is 2.73. The third-order valence-electron chi connectivity index (χ3n) is 5.22. The van der Waals surface area contributed by atoms with Gasteiger partial charge in [0.2, 0.25) is 5.95 Å². The maximum Gasteiger partial charge on any atom is 0.275 e. The minimum Gasteiger partial charge on any atom is -0.495 e. The molecule has 1 aromatic carbocycles. The lowest BCUT2D eigenvalue weighted by molar-refractivity contribution is 0.0175. The molecule has 3 N–H and O–H groups in total. The topological polar surface area (TPSA) is 88.2 Å². The zero-order valence-corrected chi connectivity index (χ0v) is 18.4. The van der Waals surface area contributed by atoms with Crippen molar-refractivity contribution in [2.75, 3.05) is 24.8 Å². The van der Waals surface area contributed by atoms with Crippen LogP contribution in [0.5, 0.6) is 5.75 Å². The molecule has 0 radical (unpaired) electrons. The fourth-order valence-electron chi connectivity index (χ4n) is 3.56. The molecule has 1 aliphatic carbocycles. The first-order valence-corrected chi connectivity index (χ1v) is 10.5. The Morgan fingerprint density at radius 3 is 2.58 bits per heavy atom. The number of benzene rings is 1. The van der Waals surface area contributed by atoms with E-state index in [2.05, 4.69) is 25.9 Å². The van der Waals surface area contributed by atoms with Gasteiger partial charge in [-0.05, 0) is 25.0 Å². The van der Waals surface area contributed by atoms with Crippen LogP contribution in [0.1, 0.15) is 54.9 Å². The summed E-state index contributed by atoms with van der Waals surface area (Å²) in [5.74, 6) is -2.92. The number of alkyl halides is 2. The summed E-state index contributed by atoms with van der Waals surface area (Å²) in [6, 6.07) is 3.08. The van der Waals surface area contributed by atoms with Crippen molar-refractivity contribution in [1.82, 2.24) is 15.3 Å². The Kier molecular flexibility index (Phi) is 7.15. The van der Waals surface area contributed by atoms with E-state index in [9.17, 15) is 13.6 Å². The predicted molar refractivity (Wildman–Crippen MR) is 117 cm³/mol. The van der Waals surface area contributed by atoms with Crippen LogP contribution in [0.25, 0.3) is 0 Å². The number of anilines is 3. The number of carbonyl (C=O) groups is 1. The fraction of sp³-hybridized carbons (Fsp3) is 0.476.